The third-order valence-electron chi connectivity index (χ3n) is 4.14. The van der Waals surface area contributed by atoms with E-state index in [4.69, 9.17) is 10.5 Å². The van der Waals surface area contributed by atoms with Crippen molar-refractivity contribution >= 4 is 21.8 Å². The SMILES string of the molecule is CCCCC(O)(CCOC(N)=O)c1cccc(NS(=O)(=O)CCCC)c1. The first-order valence-electron chi connectivity index (χ1n) is 8.98. The monoisotopic (exact) mass is 386 g/mol. The molecule has 0 saturated heterocycles. The van der Waals surface area contributed by atoms with Gasteiger partial charge in [-0.3, -0.25) is 4.72 Å². The number of carbonyl (C=O) groups excluding carboxylic acids is 1. The van der Waals surface area contributed by atoms with Crippen LogP contribution in [0.1, 0.15) is 57.9 Å². The Morgan fingerprint density at radius 2 is 1.92 bits per heavy atom. The van der Waals surface area contributed by atoms with Gasteiger partial charge in [0.05, 0.1) is 18.0 Å². The van der Waals surface area contributed by atoms with Gasteiger partial charge in [0, 0.05) is 12.1 Å². The van der Waals surface area contributed by atoms with Crippen LogP contribution in [0.3, 0.4) is 0 Å². The highest BCUT2D eigenvalue weighted by Crippen LogP contribution is 2.32. The van der Waals surface area contributed by atoms with E-state index in [9.17, 15) is 18.3 Å². The highest BCUT2D eigenvalue weighted by atomic mass is 32.2. The van der Waals surface area contributed by atoms with Gasteiger partial charge < -0.3 is 15.6 Å². The maximum atomic E-state index is 12.1. The fourth-order valence-electron chi connectivity index (χ4n) is 2.64. The van der Waals surface area contributed by atoms with E-state index in [-0.39, 0.29) is 18.8 Å². The quantitative estimate of drug-likeness (QED) is 0.510. The Hall–Kier alpha value is -1.80. The van der Waals surface area contributed by atoms with Crippen LogP contribution in [0.25, 0.3) is 0 Å². The second kappa shape index (κ2) is 10.4. The Morgan fingerprint density at radius 1 is 1.23 bits per heavy atom. The topological polar surface area (TPSA) is 119 Å². The van der Waals surface area contributed by atoms with Crippen molar-refractivity contribution in [1.29, 1.82) is 0 Å². The number of nitrogens with one attached hydrogen (secondary N) is 1. The van der Waals surface area contributed by atoms with E-state index in [0.29, 0.717) is 24.1 Å². The lowest BCUT2D eigenvalue weighted by molar-refractivity contribution is -0.000794. The van der Waals surface area contributed by atoms with Crippen molar-refractivity contribution in [1.82, 2.24) is 0 Å². The number of amides is 1. The van der Waals surface area contributed by atoms with E-state index in [0.717, 1.165) is 19.3 Å². The number of hydrogen-bond donors (Lipinski definition) is 3. The molecule has 0 aliphatic carbocycles. The highest BCUT2D eigenvalue weighted by molar-refractivity contribution is 7.92. The standard InChI is InChI=1S/C18H30N2O5S/c1-3-5-10-18(22,11-12-25-17(19)21)15-8-7-9-16(14-15)20-26(23,24)13-6-4-2/h7-9,14,20,22H,3-6,10-13H2,1-2H3,(H2,19,21). The minimum atomic E-state index is -3.42. The van der Waals surface area contributed by atoms with E-state index in [1.165, 1.54) is 0 Å². The molecule has 0 radical (unpaired) electrons. The number of carbonyl (C=O) groups is 1. The molecule has 4 N–H and O–H groups in total. The predicted molar refractivity (Wildman–Crippen MR) is 102 cm³/mol. The molecule has 26 heavy (non-hydrogen) atoms. The lowest BCUT2D eigenvalue weighted by atomic mass is 9.85. The average Bonchev–Trinajstić information content (AvgIpc) is 2.58. The van der Waals surface area contributed by atoms with Crippen LogP contribution in [0, 0.1) is 0 Å². The number of primary amides is 1. The minimum absolute atomic E-state index is 0.0119. The number of aliphatic hydroxyl groups is 1. The van der Waals surface area contributed by atoms with E-state index in [1.54, 1.807) is 24.3 Å². The molecule has 0 saturated carbocycles. The summed E-state index contributed by atoms with van der Waals surface area (Å²) in [4.78, 5) is 10.8. The van der Waals surface area contributed by atoms with Gasteiger partial charge in [0.2, 0.25) is 10.0 Å². The predicted octanol–water partition coefficient (Wildman–Crippen LogP) is 3.09. The Bertz CT molecular complexity index is 678. The number of ether oxygens (including phenoxy) is 1. The van der Waals surface area contributed by atoms with Crippen molar-refractivity contribution in [2.24, 2.45) is 5.73 Å². The molecule has 1 aromatic rings. The van der Waals surface area contributed by atoms with Crippen LogP contribution in [0.4, 0.5) is 10.5 Å². The molecule has 8 heteroatoms. The van der Waals surface area contributed by atoms with Gasteiger partial charge in [0.1, 0.15) is 0 Å². The molecular weight excluding hydrogens is 356 g/mol. The number of nitrogens with two attached hydrogens (primary N) is 1. The summed E-state index contributed by atoms with van der Waals surface area (Å²) in [6.45, 7) is 3.93. The fraction of sp³-hybridized carbons (Fsp3) is 0.611. The van der Waals surface area contributed by atoms with Crippen LogP contribution in [0.15, 0.2) is 24.3 Å². The first-order valence-corrected chi connectivity index (χ1v) is 10.6. The summed E-state index contributed by atoms with van der Waals surface area (Å²) in [5.74, 6) is 0.0558. The van der Waals surface area contributed by atoms with Gasteiger partial charge >= 0.3 is 6.09 Å². The van der Waals surface area contributed by atoms with Crippen LogP contribution in [-0.4, -0.2) is 32.0 Å². The molecular formula is C18H30N2O5S. The van der Waals surface area contributed by atoms with Crippen LogP contribution in [0.2, 0.25) is 0 Å². The Labute approximate surface area is 156 Å². The zero-order valence-electron chi connectivity index (χ0n) is 15.5. The third kappa shape index (κ3) is 7.61. The summed E-state index contributed by atoms with van der Waals surface area (Å²) in [7, 11) is -3.42. The molecule has 0 aliphatic heterocycles. The zero-order valence-corrected chi connectivity index (χ0v) is 16.3. The van der Waals surface area contributed by atoms with Crippen LogP contribution >= 0.6 is 0 Å². The third-order valence-corrected chi connectivity index (χ3v) is 5.52. The maximum Gasteiger partial charge on any atom is 0.404 e. The number of anilines is 1. The number of unbranched alkanes of at least 4 members (excludes halogenated alkanes) is 2. The lowest BCUT2D eigenvalue weighted by Gasteiger charge is -2.29. The maximum absolute atomic E-state index is 12.1. The highest BCUT2D eigenvalue weighted by Gasteiger charge is 2.29. The van der Waals surface area contributed by atoms with Gasteiger partial charge in [-0.25, -0.2) is 13.2 Å². The van der Waals surface area contributed by atoms with Gasteiger partial charge in [-0.15, -0.1) is 0 Å². The lowest BCUT2D eigenvalue weighted by Crippen LogP contribution is -2.29. The summed E-state index contributed by atoms with van der Waals surface area (Å²) >= 11 is 0. The number of hydrogen-bond acceptors (Lipinski definition) is 5. The minimum Gasteiger partial charge on any atom is -0.450 e. The molecule has 0 bridgehead atoms. The first kappa shape index (κ1) is 22.2. The molecule has 0 fully saturated rings. The first-order chi connectivity index (χ1) is 12.2. The largest absolute Gasteiger partial charge is 0.450 e. The van der Waals surface area contributed by atoms with Crippen molar-refractivity contribution in [2.75, 3.05) is 17.1 Å². The van der Waals surface area contributed by atoms with E-state index in [2.05, 4.69) is 4.72 Å². The van der Waals surface area contributed by atoms with E-state index in [1.807, 2.05) is 13.8 Å². The van der Waals surface area contributed by atoms with Crippen molar-refractivity contribution in [3.8, 4) is 0 Å². The normalized spacial score (nSPS) is 13.8. The Kier molecular flexibility index (Phi) is 8.87. The molecule has 148 valence electrons. The van der Waals surface area contributed by atoms with Gasteiger partial charge in [0.25, 0.3) is 0 Å². The van der Waals surface area contributed by atoms with Crippen molar-refractivity contribution in [3.05, 3.63) is 29.8 Å². The van der Waals surface area contributed by atoms with Crippen molar-refractivity contribution in [3.63, 3.8) is 0 Å². The van der Waals surface area contributed by atoms with Crippen LogP contribution < -0.4 is 10.5 Å². The van der Waals surface area contributed by atoms with Gasteiger partial charge in [-0.1, -0.05) is 45.2 Å². The summed E-state index contributed by atoms with van der Waals surface area (Å²) in [5.41, 5.74) is 4.73. The molecule has 1 atom stereocenters. The number of benzene rings is 1. The summed E-state index contributed by atoms with van der Waals surface area (Å²) in [6, 6.07) is 6.71. The van der Waals surface area contributed by atoms with Crippen LogP contribution in [-0.2, 0) is 20.4 Å². The zero-order chi connectivity index (χ0) is 19.6. The molecule has 1 amide bonds. The smallest absolute Gasteiger partial charge is 0.404 e. The van der Waals surface area contributed by atoms with Crippen molar-refractivity contribution < 1.29 is 23.1 Å². The Balaban J connectivity index is 2.98. The van der Waals surface area contributed by atoms with E-state index < -0.39 is 21.7 Å². The fourth-order valence-corrected chi connectivity index (χ4v) is 3.90. The second-order valence-corrected chi connectivity index (χ2v) is 8.25. The van der Waals surface area contributed by atoms with Gasteiger partial charge in [0.15, 0.2) is 0 Å². The summed E-state index contributed by atoms with van der Waals surface area (Å²) in [5, 5.41) is 11.1. The molecule has 1 unspecified atom stereocenters. The number of sulfonamides is 1. The Morgan fingerprint density at radius 3 is 2.54 bits per heavy atom. The molecule has 0 aliphatic rings. The molecule has 1 aromatic carbocycles. The average molecular weight is 387 g/mol. The molecule has 0 spiro atoms. The van der Waals surface area contributed by atoms with Crippen LogP contribution in [0.5, 0.6) is 0 Å². The van der Waals surface area contributed by atoms with E-state index >= 15 is 0 Å². The number of rotatable bonds is 12. The second-order valence-electron chi connectivity index (χ2n) is 6.41. The van der Waals surface area contributed by atoms with Crippen molar-refractivity contribution in [2.45, 2.75) is 58.0 Å². The molecule has 1 rings (SSSR count). The molecule has 7 nitrogen and oxygen atoms in total. The summed E-state index contributed by atoms with van der Waals surface area (Å²) in [6.07, 6.45) is 2.80. The van der Waals surface area contributed by atoms with Gasteiger partial charge in [-0.2, -0.15) is 0 Å². The summed E-state index contributed by atoms with van der Waals surface area (Å²) < 4.78 is 31.5. The van der Waals surface area contributed by atoms with Gasteiger partial charge in [-0.05, 0) is 30.5 Å². The molecule has 0 heterocycles. The molecule has 0 aromatic heterocycles.